The van der Waals surface area contributed by atoms with Crippen LogP contribution in [0.15, 0.2) is 66.1 Å². The molecule has 6 nitrogen and oxygen atoms in total. The predicted octanol–water partition coefficient (Wildman–Crippen LogP) is 3.68. The first-order valence-electron chi connectivity index (χ1n) is 8.81. The number of rotatable bonds is 5. The fraction of sp³-hybridized carbons (Fsp3) is 0.200. The number of aromatic nitrogens is 2. The van der Waals surface area contributed by atoms with E-state index in [1.165, 1.54) is 21.9 Å². The van der Waals surface area contributed by atoms with Crippen LogP contribution < -0.4 is 5.32 Å². The molecule has 144 valence electrons. The maximum Gasteiger partial charge on any atom is 0.241 e. The quantitative estimate of drug-likeness (QED) is 0.643. The van der Waals surface area contributed by atoms with Crippen LogP contribution in [-0.4, -0.2) is 28.4 Å². The van der Waals surface area contributed by atoms with Gasteiger partial charge in [-0.2, -0.15) is 0 Å². The average molecular weight is 414 g/mol. The van der Waals surface area contributed by atoms with Crippen LogP contribution >= 0.6 is 11.8 Å². The summed E-state index contributed by atoms with van der Waals surface area (Å²) >= 11 is 1.49. The van der Waals surface area contributed by atoms with Crippen molar-refractivity contribution in [3.8, 4) is 0 Å². The van der Waals surface area contributed by atoms with Gasteiger partial charge in [-0.25, -0.2) is 12.4 Å². The zero-order valence-electron chi connectivity index (χ0n) is 15.4. The summed E-state index contributed by atoms with van der Waals surface area (Å²) in [5.41, 5.74) is 2.29. The molecule has 0 amide bonds. The van der Waals surface area contributed by atoms with Gasteiger partial charge in [-0.1, -0.05) is 24.3 Å². The number of carbonyl (C=O) groups excluding carboxylic acids is 1. The fourth-order valence-electron chi connectivity index (χ4n) is 3.07. The molecule has 3 heterocycles. The van der Waals surface area contributed by atoms with Crippen LogP contribution in [0.5, 0.6) is 0 Å². The van der Waals surface area contributed by atoms with E-state index in [2.05, 4.69) is 10.3 Å². The topological polar surface area (TPSA) is 81.1 Å². The second-order valence-corrected chi connectivity index (χ2v) is 10.1. The second-order valence-electron chi connectivity index (χ2n) is 6.76. The summed E-state index contributed by atoms with van der Waals surface area (Å²) in [6.07, 6.45) is 4.90. The van der Waals surface area contributed by atoms with E-state index in [0.29, 0.717) is 22.2 Å². The van der Waals surface area contributed by atoms with E-state index in [9.17, 15) is 13.2 Å². The number of carbonyl (C=O) groups is 1. The van der Waals surface area contributed by atoms with Crippen molar-refractivity contribution in [2.24, 2.45) is 0 Å². The second kappa shape index (κ2) is 7.10. The number of hydrogen-bond acceptors (Lipinski definition) is 6. The van der Waals surface area contributed by atoms with E-state index in [1.54, 1.807) is 55.9 Å². The Bertz CT molecular complexity index is 1180. The van der Waals surface area contributed by atoms with Gasteiger partial charge in [-0.3, -0.25) is 9.78 Å². The number of allylic oxidation sites excluding steroid dienone is 1. The van der Waals surface area contributed by atoms with Crippen LogP contribution in [0.25, 0.3) is 10.9 Å². The van der Waals surface area contributed by atoms with Gasteiger partial charge in [0, 0.05) is 34.9 Å². The van der Waals surface area contributed by atoms with Crippen LogP contribution in [0, 0.1) is 0 Å². The van der Waals surface area contributed by atoms with Gasteiger partial charge in [0.05, 0.1) is 22.0 Å². The average Bonchev–Trinajstić information content (AvgIpc) is 3.34. The maximum atomic E-state index is 13.2. The number of Topliss-reactive ketones (excluding diaryl/α,β-unsaturated/α-hetero) is 1. The van der Waals surface area contributed by atoms with Crippen molar-refractivity contribution in [1.29, 1.82) is 0 Å². The molecule has 2 aromatic heterocycles. The first-order valence-corrected chi connectivity index (χ1v) is 11.3. The minimum atomic E-state index is -3.58. The number of benzene rings is 1. The van der Waals surface area contributed by atoms with E-state index < -0.39 is 15.3 Å². The predicted molar refractivity (Wildman–Crippen MR) is 112 cm³/mol. The van der Waals surface area contributed by atoms with Gasteiger partial charge in [-0.15, -0.1) is 11.8 Å². The normalized spacial score (nSPS) is 17.0. The van der Waals surface area contributed by atoms with Gasteiger partial charge in [0.25, 0.3) is 0 Å². The summed E-state index contributed by atoms with van der Waals surface area (Å²) in [6.45, 7) is 3.25. The number of nitrogens with zero attached hydrogens (tertiary/aromatic N) is 2. The third-order valence-corrected chi connectivity index (χ3v) is 7.71. The van der Waals surface area contributed by atoms with Crippen molar-refractivity contribution in [1.82, 2.24) is 14.3 Å². The van der Waals surface area contributed by atoms with E-state index in [1.807, 2.05) is 12.1 Å². The summed E-state index contributed by atoms with van der Waals surface area (Å²) in [6, 6.07) is 10.9. The summed E-state index contributed by atoms with van der Waals surface area (Å²) in [4.78, 5) is 17.3. The number of ketones is 1. The van der Waals surface area contributed by atoms with Crippen LogP contribution in [0.2, 0.25) is 0 Å². The lowest BCUT2D eigenvalue weighted by molar-refractivity contribution is 0.102. The first kappa shape index (κ1) is 18.8. The lowest BCUT2D eigenvalue weighted by Gasteiger charge is -2.12. The monoisotopic (exact) mass is 413 g/mol. The molecule has 3 aromatic rings. The molecule has 1 atom stereocenters. The fourth-order valence-corrected chi connectivity index (χ4v) is 5.15. The van der Waals surface area contributed by atoms with Crippen molar-refractivity contribution in [2.75, 3.05) is 0 Å². The molecular weight excluding hydrogens is 394 g/mol. The van der Waals surface area contributed by atoms with Crippen molar-refractivity contribution < 1.29 is 13.2 Å². The van der Waals surface area contributed by atoms with Gasteiger partial charge in [0.15, 0.2) is 0 Å². The summed E-state index contributed by atoms with van der Waals surface area (Å²) in [5, 5.41) is 4.92. The third-order valence-electron chi connectivity index (χ3n) is 4.63. The summed E-state index contributed by atoms with van der Waals surface area (Å²) in [5.74, 6) is -0.229. The SMILES string of the molecule is CC(C)S(=O)(=O)n1cc(C(=O)C2=CSC(c3cccnc3)N2)c2ccccc21. The molecule has 4 rings (SSSR count). The molecule has 8 heteroatoms. The molecule has 0 saturated heterocycles. The Balaban J connectivity index is 1.71. The van der Waals surface area contributed by atoms with E-state index in [-0.39, 0.29) is 11.2 Å². The minimum absolute atomic E-state index is 0.0969. The molecule has 0 aliphatic carbocycles. The van der Waals surface area contributed by atoms with Crippen LogP contribution in [0.3, 0.4) is 0 Å². The van der Waals surface area contributed by atoms with Crippen LogP contribution in [0.4, 0.5) is 0 Å². The Labute approximate surface area is 167 Å². The molecule has 1 aliphatic rings. The first-order chi connectivity index (χ1) is 13.4. The largest absolute Gasteiger partial charge is 0.366 e. The molecule has 1 aliphatic heterocycles. The number of pyridine rings is 1. The van der Waals surface area contributed by atoms with Crippen molar-refractivity contribution in [2.45, 2.75) is 24.5 Å². The molecule has 1 N–H and O–H groups in total. The molecule has 0 fully saturated rings. The Morgan fingerprint density at radius 3 is 2.71 bits per heavy atom. The van der Waals surface area contributed by atoms with Crippen LogP contribution in [0.1, 0.15) is 35.1 Å². The van der Waals surface area contributed by atoms with E-state index >= 15 is 0 Å². The van der Waals surface area contributed by atoms with Crippen LogP contribution in [-0.2, 0) is 10.0 Å². The molecule has 28 heavy (non-hydrogen) atoms. The number of hydrogen-bond donors (Lipinski definition) is 1. The standard InChI is InChI=1S/C20H19N3O3S2/c1-13(2)28(25,26)23-11-16(15-7-3-4-8-18(15)23)19(24)17-12-27-20(22-17)14-6-5-9-21-10-14/h3-13,20,22H,1-2H3. The van der Waals surface area contributed by atoms with Gasteiger partial charge < -0.3 is 5.32 Å². The van der Waals surface area contributed by atoms with Crippen molar-refractivity contribution >= 4 is 38.5 Å². The Kier molecular flexibility index (Phi) is 4.76. The number of para-hydroxylation sites is 1. The lowest BCUT2D eigenvalue weighted by Crippen LogP contribution is -2.22. The van der Waals surface area contributed by atoms with E-state index in [4.69, 9.17) is 0 Å². The highest BCUT2D eigenvalue weighted by atomic mass is 32.2. The molecule has 0 saturated carbocycles. The lowest BCUT2D eigenvalue weighted by atomic mass is 10.1. The summed E-state index contributed by atoms with van der Waals surface area (Å²) in [7, 11) is -3.58. The Morgan fingerprint density at radius 2 is 2.00 bits per heavy atom. The molecule has 0 spiro atoms. The van der Waals surface area contributed by atoms with Crippen molar-refractivity contribution in [3.05, 3.63) is 77.2 Å². The van der Waals surface area contributed by atoms with Crippen molar-refractivity contribution in [3.63, 3.8) is 0 Å². The highest BCUT2D eigenvalue weighted by Crippen LogP contribution is 2.35. The molecule has 1 unspecified atom stereocenters. The van der Waals surface area contributed by atoms with Gasteiger partial charge >= 0.3 is 0 Å². The van der Waals surface area contributed by atoms with E-state index in [0.717, 1.165) is 5.56 Å². The smallest absolute Gasteiger partial charge is 0.241 e. The summed E-state index contributed by atoms with van der Waals surface area (Å²) < 4.78 is 26.7. The van der Waals surface area contributed by atoms with Gasteiger partial charge in [0.1, 0.15) is 5.37 Å². The number of thioether (sulfide) groups is 1. The molecule has 0 radical (unpaired) electrons. The van der Waals surface area contributed by atoms with Gasteiger partial charge in [-0.05, 0) is 26.0 Å². The molecule has 0 bridgehead atoms. The highest BCUT2D eigenvalue weighted by molar-refractivity contribution is 8.02. The number of nitrogens with one attached hydrogen (secondary N) is 1. The zero-order chi connectivity index (χ0) is 19.9. The Hall–Kier alpha value is -2.58. The highest BCUT2D eigenvalue weighted by Gasteiger charge is 2.28. The maximum absolute atomic E-state index is 13.2. The third kappa shape index (κ3) is 3.12. The number of fused-ring (bicyclic) bond motifs is 1. The molecule has 1 aromatic carbocycles. The molecular formula is C20H19N3O3S2. The van der Waals surface area contributed by atoms with Gasteiger partial charge in [0.2, 0.25) is 15.8 Å². The Morgan fingerprint density at radius 1 is 1.21 bits per heavy atom. The minimum Gasteiger partial charge on any atom is -0.366 e. The zero-order valence-corrected chi connectivity index (χ0v) is 17.0.